The number of carbonyl (C=O) groups is 1. The van der Waals surface area contributed by atoms with Gasteiger partial charge in [0.1, 0.15) is 4.64 Å². The molecule has 1 N–H and O–H groups in total. The Balaban J connectivity index is 1.90. The first-order valence-electron chi connectivity index (χ1n) is 7.06. The quantitative estimate of drug-likeness (QED) is 0.737. The number of amides is 1. The SMILES string of the molecule is CN(Cc1cccc2ccccc12)C(=O)c1ccc[nH]c1=S. The molecule has 0 spiro atoms. The molecule has 0 bridgehead atoms. The Hall–Kier alpha value is -2.46. The van der Waals surface area contributed by atoms with Gasteiger partial charge in [0.15, 0.2) is 0 Å². The first-order valence-corrected chi connectivity index (χ1v) is 7.47. The molecule has 1 amide bonds. The lowest BCUT2D eigenvalue weighted by molar-refractivity contribution is 0.0784. The number of hydrogen-bond donors (Lipinski definition) is 1. The molecule has 4 heteroatoms. The number of aromatic amines is 1. The summed E-state index contributed by atoms with van der Waals surface area (Å²) >= 11 is 5.19. The van der Waals surface area contributed by atoms with Gasteiger partial charge in [-0.1, -0.05) is 54.7 Å². The van der Waals surface area contributed by atoms with E-state index in [1.54, 1.807) is 30.3 Å². The molecule has 2 aromatic carbocycles. The van der Waals surface area contributed by atoms with Gasteiger partial charge in [-0.15, -0.1) is 0 Å². The van der Waals surface area contributed by atoms with Gasteiger partial charge in [0.2, 0.25) is 0 Å². The number of rotatable bonds is 3. The van der Waals surface area contributed by atoms with Crippen molar-refractivity contribution in [3.05, 3.63) is 76.6 Å². The number of nitrogens with one attached hydrogen (secondary N) is 1. The van der Waals surface area contributed by atoms with Crippen LogP contribution in [-0.2, 0) is 6.54 Å². The average Bonchev–Trinajstić information content (AvgIpc) is 2.55. The van der Waals surface area contributed by atoms with Gasteiger partial charge < -0.3 is 9.88 Å². The van der Waals surface area contributed by atoms with Crippen LogP contribution in [-0.4, -0.2) is 22.8 Å². The van der Waals surface area contributed by atoms with Crippen LogP contribution < -0.4 is 0 Å². The Morgan fingerprint density at radius 2 is 1.86 bits per heavy atom. The molecule has 3 nitrogen and oxygen atoms in total. The second kappa shape index (κ2) is 6.12. The highest BCUT2D eigenvalue weighted by molar-refractivity contribution is 7.71. The van der Waals surface area contributed by atoms with Crippen LogP contribution in [0, 0.1) is 4.64 Å². The number of benzene rings is 2. The zero-order chi connectivity index (χ0) is 15.5. The molecule has 0 unspecified atom stereocenters. The highest BCUT2D eigenvalue weighted by Gasteiger charge is 2.14. The van der Waals surface area contributed by atoms with Crippen molar-refractivity contribution in [3.63, 3.8) is 0 Å². The van der Waals surface area contributed by atoms with Crippen LogP contribution in [0.3, 0.4) is 0 Å². The predicted octanol–water partition coefficient (Wildman–Crippen LogP) is 4.17. The van der Waals surface area contributed by atoms with Crippen LogP contribution >= 0.6 is 12.2 Å². The van der Waals surface area contributed by atoms with Gasteiger partial charge >= 0.3 is 0 Å². The number of H-pyrrole nitrogens is 1. The standard InChI is InChI=1S/C18H16N2OS/c1-20(18(21)16-10-5-11-19-17(16)22)12-14-8-4-7-13-6-2-3-9-15(13)14/h2-11H,12H2,1H3,(H,19,22). The summed E-state index contributed by atoms with van der Waals surface area (Å²) in [5, 5.41) is 2.35. The number of hydrogen-bond acceptors (Lipinski definition) is 2. The molecule has 22 heavy (non-hydrogen) atoms. The summed E-state index contributed by atoms with van der Waals surface area (Å²) in [6, 6.07) is 17.9. The van der Waals surface area contributed by atoms with E-state index in [0.29, 0.717) is 16.7 Å². The van der Waals surface area contributed by atoms with Gasteiger partial charge in [0.05, 0.1) is 5.56 Å². The molecule has 1 heterocycles. The molecular weight excluding hydrogens is 292 g/mol. The molecule has 0 aliphatic heterocycles. The summed E-state index contributed by atoms with van der Waals surface area (Å²) in [6.45, 7) is 0.545. The van der Waals surface area contributed by atoms with Crippen molar-refractivity contribution in [2.45, 2.75) is 6.54 Å². The summed E-state index contributed by atoms with van der Waals surface area (Å²) in [5.74, 6) is -0.0743. The monoisotopic (exact) mass is 308 g/mol. The minimum absolute atomic E-state index is 0.0743. The number of fused-ring (bicyclic) bond motifs is 1. The number of carbonyl (C=O) groups excluding carboxylic acids is 1. The minimum Gasteiger partial charge on any atom is -0.352 e. The van der Waals surface area contributed by atoms with Crippen LogP contribution in [0.2, 0.25) is 0 Å². The second-order valence-electron chi connectivity index (χ2n) is 5.21. The third-order valence-electron chi connectivity index (χ3n) is 3.68. The predicted molar refractivity (Wildman–Crippen MR) is 91.4 cm³/mol. The lowest BCUT2D eigenvalue weighted by Crippen LogP contribution is -2.26. The van der Waals surface area contributed by atoms with Crippen molar-refractivity contribution in [1.82, 2.24) is 9.88 Å². The first-order chi connectivity index (χ1) is 10.7. The molecule has 0 radical (unpaired) electrons. The maximum atomic E-state index is 12.5. The highest BCUT2D eigenvalue weighted by Crippen LogP contribution is 2.20. The lowest BCUT2D eigenvalue weighted by Gasteiger charge is -2.18. The molecule has 0 saturated carbocycles. The molecule has 110 valence electrons. The Bertz CT molecular complexity index is 880. The van der Waals surface area contributed by atoms with Crippen molar-refractivity contribution >= 4 is 28.9 Å². The van der Waals surface area contributed by atoms with Crippen LogP contribution in [0.5, 0.6) is 0 Å². The normalized spacial score (nSPS) is 10.6. The summed E-state index contributed by atoms with van der Waals surface area (Å²) in [6.07, 6.45) is 1.73. The Kier molecular flexibility index (Phi) is 4.02. The fraction of sp³-hybridized carbons (Fsp3) is 0.111. The fourth-order valence-electron chi connectivity index (χ4n) is 2.55. The van der Waals surface area contributed by atoms with Crippen LogP contribution in [0.15, 0.2) is 60.8 Å². The number of aromatic nitrogens is 1. The van der Waals surface area contributed by atoms with Crippen LogP contribution in [0.1, 0.15) is 15.9 Å². The van der Waals surface area contributed by atoms with Crippen molar-refractivity contribution in [2.75, 3.05) is 7.05 Å². The number of pyridine rings is 1. The van der Waals surface area contributed by atoms with Gasteiger partial charge in [-0.25, -0.2) is 0 Å². The van der Waals surface area contributed by atoms with Crippen LogP contribution in [0.4, 0.5) is 0 Å². The Labute approximate surface area is 134 Å². The smallest absolute Gasteiger partial charge is 0.256 e. The highest BCUT2D eigenvalue weighted by atomic mass is 32.1. The van der Waals surface area contributed by atoms with Crippen LogP contribution in [0.25, 0.3) is 10.8 Å². The zero-order valence-corrected chi connectivity index (χ0v) is 13.1. The van der Waals surface area contributed by atoms with E-state index in [0.717, 1.165) is 5.56 Å². The Morgan fingerprint density at radius 1 is 1.09 bits per heavy atom. The third kappa shape index (κ3) is 2.78. The zero-order valence-electron chi connectivity index (χ0n) is 12.2. The number of nitrogens with zero attached hydrogens (tertiary/aromatic N) is 1. The molecule has 0 atom stereocenters. The van der Waals surface area contributed by atoms with E-state index in [-0.39, 0.29) is 5.91 Å². The molecule has 0 aliphatic rings. The van der Waals surface area contributed by atoms with Crippen molar-refractivity contribution in [3.8, 4) is 0 Å². The van der Waals surface area contributed by atoms with Gasteiger partial charge in [-0.2, -0.15) is 0 Å². The van der Waals surface area contributed by atoms with Crippen molar-refractivity contribution < 1.29 is 4.79 Å². The topological polar surface area (TPSA) is 36.1 Å². The van der Waals surface area contributed by atoms with E-state index in [1.165, 1.54) is 10.8 Å². The molecule has 0 saturated heterocycles. The van der Waals surface area contributed by atoms with Crippen molar-refractivity contribution in [2.24, 2.45) is 0 Å². The van der Waals surface area contributed by atoms with Gasteiger partial charge in [-0.3, -0.25) is 4.79 Å². The summed E-state index contributed by atoms with van der Waals surface area (Å²) in [4.78, 5) is 17.1. The first kappa shape index (κ1) is 14.5. The van der Waals surface area contributed by atoms with E-state index < -0.39 is 0 Å². The van der Waals surface area contributed by atoms with E-state index in [4.69, 9.17) is 12.2 Å². The average molecular weight is 308 g/mol. The summed E-state index contributed by atoms with van der Waals surface area (Å²) < 4.78 is 0.470. The van der Waals surface area contributed by atoms with Gasteiger partial charge in [0, 0.05) is 19.8 Å². The molecule has 3 aromatic rings. The molecular formula is C18H16N2OS. The maximum Gasteiger partial charge on any atom is 0.256 e. The van der Waals surface area contributed by atoms with Gasteiger partial charge in [0.25, 0.3) is 5.91 Å². The lowest BCUT2D eigenvalue weighted by atomic mass is 10.0. The fourth-order valence-corrected chi connectivity index (χ4v) is 2.78. The molecule has 0 fully saturated rings. The van der Waals surface area contributed by atoms with E-state index >= 15 is 0 Å². The van der Waals surface area contributed by atoms with Crippen molar-refractivity contribution in [1.29, 1.82) is 0 Å². The molecule has 3 rings (SSSR count). The minimum atomic E-state index is -0.0743. The maximum absolute atomic E-state index is 12.5. The third-order valence-corrected chi connectivity index (χ3v) is 4.02. The summed E-state index contributed by atoms with van der Waals surface area (Å²) in [7, 11) is 1.80. The summed E-state index contributed by atoms with van der Waals surface area (Å²) in [5.41, 5.74) is 1.65. The largest absolute Gasteiger partial charge is 0.352 e. The van der Waals surface area contributed by atoms with E-state index in [2.05, 4.69) is 29.2 Å². The van der Waals surface area contributed by atoms with E-state index in [1.807, 2.05) is 18.2 Å². The molecule has 0 aliphatic carbocycles. The van der Waals surface area contributed by atoms with E-state index in [9.17, 15) is 4.79 Å². The molecule has 1 aromatic heterocycles. The van der Waals surface area contributed by atoms with Gasteiger partial charge in [-0.05, 0) is 28.5 Å². The second-order valence-corrected chi connectivity index (χ2v) is 5.62. The Morgan fingerprint density at radius 3 is 2.68 bits per heavy atom.